The van der Waals surface area contributed by atoms with Crippen molar-refractivity contribution in [3.8, 4) is 22.6 Å². The van der Waals surface area contributed by atoms with Crippen molar-refractivity contribution in [1.82, 2.24) is 9.97 Å². The number of methoxy groups -OCH3 is 2. The van der Waals surface area contributed by atoms with E-state index in [1.165, 1.54) is 51.5 Å². The number of aromatic nitrogens is 2. The number of ether oxygens (including phenoxy) is 2. The normalized spacial score (nSPS) is 11.2. The highest BCUT2D eigenvalue weighted by molar-refractivity contribution is 7.92. The zero-order chi connectivity index (χ0) is 30.0. The summed E-state index contributed by atoms with van der Waals surface area (Å²) in [4.78, 5) is 20.6. The van der Waals surface area contributed by atoms with Crippen LogP contribution in [0.1, 0.15) is 15.9 Å². The van der Waals surface area contributed by atoms with Crippen molar-refractivity contribution in [2.24, 2.45) is 5.73 Å². The van der Waals surface area contributed by atoms with Gasteiger partial charge in [0, 0.05) is 35.0 Å². The fourth-order valence-electron chi connectivity index (χ4n) is 4.37. The molecule has 1 amide bonds. The molecular formula is C30H26FN5O5S. The highest BCUT2D eigenvalue weighted by Crippen LogP contribution is 2.33. The summed E-state index contributed by atoms with van der Waals surface area (Å²) in [6, 6.07) is 20.7. The average Bonchev–Trinajstić information content (AvgIpc) is 2.98. The number of carbonyl (C=O) groups excluding carboxylic acids is 1. The largest absolute Gasteiger partial charge is 0.497 e. The third-order valence-corrected chi connectivity index (χ3v) is 7.86. The Morgan fingerprint density at radius 1 is 0.857 bits per heavy atom. The first-order chi connectivity index (χ1) is 20.1. The van der Waals surface area contributed by atoms with E-state index in [1.807, 2.05) is 0 Å². The molecule has 1 heterocycles. The number of nitrogens with one attached hydrogen (secondary N) is 2. The molecule has 42 heavy (non-hydrogen) atoms. The molecule has 0 aliphatic rings. The number of hydrogen-bond donors (Lipinski definition) is 3. The summed E-state index contributed by atoms with van der Waals surface area (Å²) in [6.45, 7) is 1.44. The van der Waals surface area contributed by atoms with Gasteiger partial charge in [-0.15, -0.1) is 0 Å². The second kappa shape index (κ2) is 11.3. The minimum Gasteiger partial charge on any atom is -0.497 e. The van der Waals surface area contributed by atoms with E-state index in [1.54, 1.807) is 48.5 Å². The van der Waals surface area contributed by atoms with Gasteiger partial charge in [0.1, 0.15) is 17.3 Å². The Labute approximate surface area is 241 Å². The standard InChI is InChI=1S/C30H26FN5O5S/c1-17-23(28(32)37)11-12-24(27(17)31)18-7-6-8-22(13-18)42(38,39)36-30-29(34-25-9-4-5-10-26(25)35-30)33-19-14-20(40-2)16-21(15-19)41-3/h4-16H,1-3H3,(H2,32,37)(H,33,34)(H,35,36). The Morgan fingerprint density at radius 2 is 1.50 bits per heavy atom. The molecule has 5 aromatic rings. The smallest absolute Gasteiger partial charge is 0.263 e. The number of nitrogens with zero attached hydrogens (tertiary/aromatic N) is 2. The van der Waals surface area contributed by atoms with Crippen LogP contribution in [-0.2, 0) is 10.0 Å². The van der Waals surface area contributed by atoms with Gasteiger partial charge < -0.3 is 20.5 Å². The minimum atomic E-state index is -4.24. The van der Waals surface area contributed by atoms with Gasteiger partial charge >= 0.3 is 0 Å². The topological polar surface area (TPSA) is 146 Å². The maximum Gasteiger partial charge on any atom is 0.263 e. The SMILES string of the molecule is COc1cc(Nc2nc3ccccc3nc2NS(=O)(=O)c2cccc(-c3ccc(C(N)=O)c(C)c3F)c2)cc(OC)c1. The maximum atomic E-state index is 15.2. The summed E-state index contributed by atoms with van der Waals surface area (Å²) >= 11 is 0. The molecule has 5 rings (SSSR count). The van der Waals surface area contributed by atoms with E-state index in [0.29, 0.717) is 33.8 Å². The van der Waals surface area contributed by atoms with Crippen LogP contribution in [0.25, 0.3) is 22.2 Å². The van der Waals surface area contributed by atoms with E-state index < -0.39 is 21.7 Å². The summed E-state index contributed by atoms with van der Waals surface area (Å²) < 4.78 is 55.6. The number of benzene rings is 4. The predicted octanol–water partition coefficient (Wildman–Crippen LogP) is 5.40. The van der Waals surface area contributed by atoms with E-state index in [4.69, 9.17) is 15.2 Å². The minimum absolute atomic E-state index is 0.0465. The van der Waals surface area contributed by atoms with Crippen molar-refractivity contribution in [2.75, 3.05) is 24.3 Å². The molecule has 4 N–H and O–H groups in total. The van der Waals surface area contributed by atoms with Crippen molar-refractivity contribution in [1.29, 1.82) is 0 Å². The lowest BCUT2D eigenvalue weighted by Crippen LogP contribution is -2.16. The number of sulfonamides is 1. The van der Waals surface area contributed by atoms with Crippen LogP contribution < -0.4 is 25.2 Å². The third-order valence-electron chi connectivity index (χ3n) is 6.52. The van der Waals surface area contributed by atoms with Crippen molar-refractivity contribution in [3.63, 3.8) is 0 Å². The number of carbonyl (C=O) groups is 1. The second-order valence-electron chi connectivity index (χ2n) is 9.23. The summed E-state index contributed by atoms with van der Waals surface area (Å²) in [6.07, 6.45) is 0. The van der Waals surface area contributed by atoms with Crippen LogP contribution in [0.2, 0.25) is 0 Å². The summed E-state index contributed by atoms with van der Waals surface area (Å²) in [5, 5.41) is 3.11. The molecule has 0 saturated heterocycles. The van der Waals surface area contributed by atoms with Crippen molar-refractivity contribution >= 4 is 44.3 Å². The molecule has 10 nitrogen and oxygen atoms in total. The quantitative estimate of drug-likeness (QED) is 0.208. The van der Waals surface area contributed by atoms with E-state index in [2.05, 4.69) is 20.0 Å². The molecule has 0 radical (unpaired) electrons. The zero-order valence-electron chi connectivity index (χ0n) is 22.8. The van der Waals surface area contributed by atoms with Gasteiger partial charge in [0.05, 0.1) is 30.1 Å². The van der Waals surface area contributed by atoms with Gasteiger partial charge in [0.25, 0.3) is 10.0 Å². The Kier molecular flexibility index (Phi) is 7.64. The Balaban J connectivity index is 1.55. The van der Waals surface area contributed by atoms with Crippen LogP contribution >= 0.6 is 0 Å². The van der Waals surface area contributed by atoms with Crippen LogP contribution in [0.3, 0.4) is 0 Å². The van der Waals surface area contributed by atoms with Crippen LogP contribution in [0.15, 0.2) is 83.8 Å². The lowest BCUT2D eigenvalue weighted by atomic mass is 9.98. The van der Waals surface area contributed by atoms with E-state index in [-0.39, 0.29) is 33.2 Å². The molecule has 0 atom stereocenters. The molecule has 0 bridgehead atoms. The number of para-hydroxylation sites is 2. The summed E-state index contributed by atoms with van der Waals surface area (Å²) in [7, 11) is -1.21. The number of fused-ring (bicyclic) bond motifs is 1. The number of amides is 1. The molecule has 0 aliphatic heterocycles. The van der Waals surface area contributed by atoms with Crippen molar-refractivity contribution in [3.05, 3.63) is 95.8 Å². The van der Waals surface area contributed by atoms with Crippen molar-refractivity contribution in [2.45, 2.75) is 11.8 Å². The first kappa shape index (κ1) is 28.3. The van der Waals surface area contributed by atoms with Crippen LogP contribution in [0, 0.1) is 12.7 Å². The van der Waals surface area contributed by atoms with Gasteiger partial charge in [-0.2, -0.15) is 0 Å². The average molecular weight is 588 g/mol. The number of hydrogen-bond acceptors (Lipinski definition) is 8. The lowest BCUT2D eigenvalue weighted by Gasteiger charge is -2.15. The highest BCUT2D eigenvalue weighted by atomic mass is 32.2. The van der Waals surface area contributed by atoms with Crippen LogP contribution in [-0.4, -0.2) is 38.5 Å². The molecule has 4 aromatic carbocycles. The molecular weight excluding hydrogens is 561 g/mol. The first-order valence-electron chi connectivity index (χ1n) is 12.6. The molecule has 214 valence electrons. The molecule has 0 saturated carbocycles. The Hall–Kier alpha value is -5.23. The Morgan fingerprint density at radius 3 is 2.12 bits per heavy atom. The summed E-state index contributed by atoms with van der Waals surface area (Å²) in [5.41, 5.74) is 7.37. The molecule has 0 fully saturated rings. The molecule has 12 heteroatoms. The Bertz CT molecular complexity index is 1930. The number of halogens is 1. The number of anilines is 3. The number of nitrogens with two attached hydrogens (primary N) is 1. The van der Waals surface area contributed by atoms with Gasteiger partial charge in [0.2, 0.25) is 5.91 Å². The molecule has 0 unspecified atom stereocenters. The number of primary amides is 1. The molecule has 0 aliphatic carbocycles. The first-order valence-corrected chi connectivity index (χ1v) is 14.1. The maximum absolute atomic E-state index is 15.2. The fraction of sp³-hybridized carbons (Fsp3) is 0.100. The molecule has 0 spiro atoms. The predicted molar refractivity (Wildman–Crippen MR) is 158 cm³/mol. The lowest BCUT2D eigenvalue weighted by molar-refractivity contribution is 0.0999. The monoisotopic (exact) mass is 587 g/mol. The van der Waals surface area contributed by atoms with Gasteiger partial charge in [-0.05, 0) is 48.4 Å². The fourth-order valence-corrected chi connectivity index (χ4v) is 5.42. The van der Waals surface area contributed by atoms with E-state index in [9.17, 15) is 13.2 Å². The van der Waals surface area contributed by atoms with Crippen LogP contribution in [0.4, 0.5) is 21.7 Å². The summed E-state index contributed by atoms with van der Waals surface area (Å²) in [5.74, 6) is -0.339. The zero-order valence-corrected chi connectivity index (χ0v) is 23.6. The van der Waals surface area contributed by atoms with Crippen molar-refractivity contribution < 1.29 is 27.1 Å². The van der Waals surface area contributed by atoms with Gasteiger partial charge in [-0.25, -0.2) is 22.8 Å². The van der Waals surface area contributed by atoms with E-state index in [0.717, 1.165) is 0 Å². The van der Waals surface area contributed by atoms with Gasteiger partial charge in [-0.1, -0.05) is 30.3 Å². The molecule has 1 aromatic heterocycles. The van der Waals surface area contributed by atoms with Gasteiger partial charge in [0.15, 0.2) is 11.6 Å². The number of rotatable bonds is 9. The van der Waals surface area contributed by atoms with Crippen LogP contribution in [0.5, 0.6) is 11.5 Å². The van der Waals surface area contributed by atoms with E-state index >= 15 is 4.39 Å². The highest BCUT2D eigenvalue weighted by Gasteiger charge is 2.21. The second-order valence-corrected chi connectivity index (χ2v) is 10.9. The third kappa shape index (κ3) is 5.65. The van der Waals surface area contributed by atoms with Gasteiger partial charge in [-0.3, -0.25) is 9.52 Å².